The van der Waals surface area contributed by atoms with Gasteiger partial charge in [0.05, 0.1) is 5.52 Å². The van der Waals surface area contributed by atoms with E-state index in [0.717, 1.165) is 80.4 Å². The Hall–Kier alpha value is -5.87. The summed E-state index contributed by atoms with van der Waals surface area (Å²) in [6.07, 6.45) is 10.4. The van der Waals surface area contributed by atoms with Crippen molar-refractivity contribution in [3.63, 3.8) is 0 Å². The third-order valence-corrected chi connectivity index (χ3v) is 8.86. The molecule has 0 fully saturated rings. The lowest BCUT2D eigenvalue weighted by atomic mass is 9.97. The second-order valence-corrected chi connectivity index (χ2v) is 11.5. The second-order valence-electron chi connectivity index (χ2n) is 11.5. The predicted molar refractivity (Wildman–Crippen MR) is 181 cm³/mol. The summed E-state index contributed by atoms with van der Waals surface area (Å²) in [5.74, 6) is 3.10. The lowest BCUT2D eigenvalue weighted by Gasteiger charge is -2.22. The number of para-hydroxylation sites is 2. The van der Waals surface area contributed by atoms with Crippen molar-refractivity contribution in [1.82, 2.24) is 9.55 Å². The highest BCUT2D eigenvalue weighted by Crippen LogP contribution is 2.48. The molecule has 0 N–H and O–H groups in total. The first-order chi connectivity index (χ1) is 22.3. The van der Waals surface area contributed by atoms with E-state index in [4.69, 9.17) is 9.47 Å². The van der Waals surface area contributed by atoms with Crippen LogP contribution in [0.5, 0.6) is 23.0 Å². The molecule has 2 aliphatic rings. The van der Waals surface area contributed by atoms with Crippen molar-refractivity contribution in [2.75, 3.05) is 0 Å². The predicted octanol–water partition coefficient (Wildman–Crippen LogP) is 10.9. The molecule has 0 saturated carbocycles. The summed E-state index contributed by atoms with van der Waals surface area (Å²) in [5.41, 5.74) is 10.8. The molecule has 0 atom stereocenters. The quantitative estimate of drug-likeness (QED) is 0.204. The third kappa shape index (κ3) is 4.26. The number of hydrogen-bond donors (Lipinski definition) is 0. The Morgan fingerprint density at radius 1 is 0.578 bits per heavy atom. The van der Waals surface area contributed by atoms with Crippen molar-refractivity contribution < 1.29 is 9.47 Å². The number of ether oxygens (including phenoxy) is 2. The van der Waals surface area contributed by atoms with Gasteiger partial charge in [-0.05, 0) is 78.1 Å². The fourth-order valence-corrected chi connectivity index (χ4v) is 6.75. The van der Waals surface area contributed by atoms with Crippen molar-refractivity contribution in [3.8, 4) is 62.1 Å². The van der Waals surface area contributed by atoms with Gasteiger partial charge in [-0.3, -0.25) is 4.98 Å². The van der Waals surface area contributed by atoms with Crippen molar-refractivity contribution in [2.45, 2.75) is 12.8 Å². The third-order valence-electron chi connectivity index (χ3n) is 8.86. The SMILES string of the molecule is C1=Cc2c(c3cnccc3n2-c2ccc3c(c2)Oc2ccccc2-c2ccccc2Oc2cc(-c4ccccc4)ccc2-3)CC1. The topological polar surface area (TPSA) is 36.3 Å². The van der Waals surface area contributed by atoms with E-state index in [2.05, 4.69) is 101 Å². The van der Waals surface area contributed by atoms with E-state index in [-0.39, 0.29) is 0 Å². The summed E-state index contributed by atoms with van der Waals surface area (Å²) in [4.78, 5) is 4.46. The lowest BCUT2D eigenvalue weighted by molar-refractivity contribution is 0.472. The van der Waals surface area contributed by atoms with E-state index in [1.54, 1.807) is 0 Å². The van der Waals surface area contributed by atoms with Crippen molar-refractivity contribution in [1.29, 1.82) is 0 Å². The molecule has 7 aromatic rings. The van der Waals surface area contributed by atoms with Crippen LogP contribution in [0.3, 0.4) is 0 Å². The van der Waals surface area contributed by atoms with Crippen LogP contribution in [0, 0.1) is 0 Å². The van der Waals surface area contributed by atoms with Gasteiger partial charge in [-0.2, -0.15) is 0 Å². The van der Waals surface area contributed by atoms with Gasteiger partial charge in [0, 0.05) is 57.5 Å². The van der Waals surface area contributed by atoms with E-state index in [0.29, 0.717) is 0 Å². The molecule has 0 spiro atoms. The maximum atomic E-state index is 6.94. The largest absolute Gasteiger partial charge is 0.456 e. The van der Waals surface area contributed by atoms with E-state index in [9.17, 15) is 0 Å². The van der Waals surface area contributed by atoms with Gasteiger partial charge in [0.1, 0.15) is 23.0 Å². The molecule has 214 valence electrons. The minimum Gasteiger partial charge on any atom is -0.456 e. The van der Waals surface area contributed by atoms with Gasteiger partial charge in [0.25, 0.3) is 0 Å². The number of aryl methyl sites for hydroxylation is 1. The number of fused-ring (bicyclic) bond motifs is 9. The minimum atomic E-state index is 0.765. The zero-order chi connectivity index (χ0) is 29.7. The lowest BCUT2D eigenvalue weighted by Crippen LogP contribution is -2.02. The van der Waals surface area contributed by atoms with Crippen LogP contribution in [-0.4, -0.2) is 9.55 Å². The monoisotopic (exact) mass is 580 g/mol. The van der Waals surface area contributed by atoms with Gasteiger partial charge in [-0.1, -0.05) is 78.9 Å². The number of pyridine rings is 1. The summed E-state index contributed by atoms with van der Waals surface area (Å²) in [6, 6.07) is 41.9. The fourth-order valence-electron chi connectivity index (χ4n) is 6.75. The molecule has 0 unspecified atom stereocenters. The Morgan fingerprint density at radius 2 is 1.24 bits per heavy atom. The molecule has 1 aliphatic carbocycles. The highest BCUT2D eigenvalue weighted by molar-refractivity contribution is 5.91. The number of hydrogen-bond acceptors (Lipinski definition) is 3. The average molecular weight is 581 g/mol. The summed E-state index contributed by atoms with van der Waals surface area (Å²) in [5, 5.41) is 1.20. The smallest absolute Gasteiger partial charge is 0.137 e. The van der Waals surface area contributed by atoms with Crippen LogP contribution in [0.2, 0.25) is 0 Å². The molecule has 5 aromatic carbocycles. The summed E-state index contributed by atoms with van der Waals surface area (Å²) in [6.45, 7) is 0. The number of benzene rings is 5. The van der Waals surface area contributed by atoms with E-state index in [1.165, 1.54) is 16.6 Å². The molecule has 2 aromatic heterocycles. The Kier molecular flexibility index (Phi) is 5.91. The molecule has 4 heteroatoms. The molecule has 0 saturated heterocycles. The van der Waals surface area contributed by atoms with Crippen molar-refractivity contribution >= 4 is 17.0 Å². The highest BCUT2D eigenvalue weighted by Gasteiger charge is 2.23. The number of rotatable bonds is 2. The molecule has 3 heterocycles. The Labute approximate surface area is 261 Å². The van der Waals surface area contributed by atoms with Crippen LogP contribution in [0.25, 0.3) is 56.0 Å². The summed E-state index contributed by atoms with van der Waals surface area (Å²) >= 11 is 0. The summed E-state index contributed by atoms with van der Waals surface area (Å²) < 4.78 is 16.1. The molecule has 0 radical (unpaired) electrons. The Morgan fingerprint density at radius 3 is 2.02 bits per heavy atom. The fraction of sp³-hybridized carbons (Fsp3) is 0.0488. The van der Waals surface area contributed by atoms with Crippen molar-refractivity contribution in [3.05, 3.63) is 151 Å². The van der Waals surface area contributed by atoms with Gasteiger partial charge in [0.15, 0.2) is 0 Å². The Balaban J connectivity index is 1.30. The zero-order valence-electron chi connectivity index (χ0n) is 24.5. The molecular formula is C41H28N2O2. The Bertz CT molecular complexity index is 2280. The van der Waals surface area contributed by atoms with Crippen LogP contribution >= 0.6 is 0 Å². The van der Waals surface area contributed by atoms with E-state index < -0.39 is 0 Å². The number of allylic oxidation sites excluding steroid dienone is 1. The normalized spacial score (nSPS) is 13.0. The molecule has 45 heavy (non-hydrogen) atoms. The minimum absolute atomic E-state index is 0.765. The van der Waals surface area contributed by atoms with Gasteiger partial charge < -0.3 is 14.0 Å². The molecule has 0 bridgehead atoms. The van der Waals surface area contributed by atoms with Crippen molar-refractivity contribution in [2.24, 2.45) is 0 Å². The van der Waals surface area contributed by atoms with Crippen LogP contribution < -0.4 is 9.47 Å². The van der Waals surface area contributed by atoms with Crippen LogP contribution in [-0.2, 0) is 6.42 Å². The standard InChI is InChI=1S/C41H28N2O2/c1-2-10-27(11-3-1)28-18-20-33-34-21-19-29(43-36-15-7-4-12-30(36)35-26-42-23-22-37(35)43)25-41(34)45-39-17-9-6-14-32(39)31-13-5-8-16-38(31)44-40(33)24-28/h1-3,5-11,13-26H,4,12H2. The van der Waals surface area contributed by atoms with Gasteiger partial charge in [-0.15, -0.1) is 0 Å². The van der Waals surface area contributed by atoms with E-state index >= 15 is 0 Å². The van der Waals surface area contributed by atoms with Gasteiger partial charge in [-0.25, -0.2) is 0 Å². The maximum absolute atomic E-state index is 6.94. The molecule has 0 amide bonds. The number of aromatic nitrogens is 2. The van der Waals surface area contributed by atoms with Crippen LogP contribution in [0.1, 0.15) is 17.7 Å². The first-order valence-electron chi connectivity index (χ1n) is 15.3. The van der Waals surface area contributed by atoms with Crippen LogP contribution in [0.15, 0.2) is 140 Å². The molecule has 4 nitrogen and oxygen atoms in total. The van der Waals surface area contributed by atoms with Crippen LogP contribution in [0.4, 0.5) is 0 Å². The van der Waals surface area contributed by atoms with Gasteiger partial charge >= 0.3 is 0 Å². The average Bonchev–Trinajstić information content (AvgIpc) is 3.44. The summed E-state index contributed by atoms with van der Waals surface area (Å²) in [7, 11) is 0. The first-order valence-corrected chi connectivity index (χ1v) is 15.3. The maximum Gasteiger partial charge on any atom is 0.137 e. The van der Waals surface area contributed by atoms with Gasteiger partial charge in [0.2, 0.25) is 0 Å². The highest BCUT2D eigenvalue weighted by atomic mass is 16.5. The molecule has 9 rings (SSSR count). The second kappa shape index (κ2) is 10.4. The molecular weight excluding hydrogens is 552 g/mol. The number of nitrogens with zero attached hydrogens (tertiary/aromatic N) is 2. The van der Waals surface area contributed by atoms with E-state index in [1.807, 2.05) is 54.9 Å². The zero-order valence-corrected chi connectivity index (χ0v) is 24.5. The first kappa shape index (κ1) is 25.6. The molecule has 1 aliphatic heterocycles.